The van der Waals surface area contributed by atoms with Gasteiger partial charge in [-0.1, -0.05) is 97.9 Å². The molecule has 0 radical (unpaired) electrons. The number of nitro groups is 1. The van der Waals surface area contributed by atoms with Crippen LogP contribution in [0, 0.1) is 10.1 Å². The Hall–Kier alpha value is -2.75. The van der Waals surface area contributed by atoms with E-state index in [2.05, 4.69) is 0 Å². The van der Waals surface area contributed by atoms with Crippen molar-refractivity contribution in [1.29, 1.82) is 0 Å². The van der Waals surface area contributed by atoms with Crippen LogP contribution in [0.2, 0.25) is 0 Å². The second-order valence-electron chi connectivity index (χ2n) is 8.80. The summed E-state index contributed by atoms with van der Waals surface area (Å²) in [5.74, 6) is 0.674. The minimum Gasteiger partial charge on any atom is -0.374 e. The third-order valence-electron chi connectivity index (χ3n) is 6.15. The standard InChI is InChI=1S/C29H33NO6S/c1-2-37-29-26(30(31)32)28(35-20-24-16-10-5-11-17-24)27(34-19-23-14-8-4-9-15-23)25(36-29)21-33-18-22-12-6-3-7-13-22/h3-17,25-29H,2,18-21H2,1H3/t25-,26-,27+,28-,29?/m1/s1. The van der Waals surface area contributed by atoms with Crippen molar-refractivity contribution in [2.75, 3.05) is 12.4 Å². The number of ether oxygens (including phenoxy) is 4. The highest BCUT2D eigenvalue weighted by Crippen LogP contribution is 2.34. The molecule has 1 unspecified atom stereocenters. The van der Waals surface area contributed by atoms with E-state index >= 15 is 0 Å². The van der Waals surface area contributed by atoms with Gasteiger partial charge in [0.05, 0.1) is 26.4 Å². The van der Waals surface area contributed by atoms with E-state index in [-0.39, 0.29) is 24.7 Å². The van der Waals surface area contributed by atoms with Gasteiger partial charge < -0.3 is 18.9 Å². The third kappa shape index (κ3) is 7.87. The van der Waals surface area contributed by atoms with Gasteiger partial charge in [0.2, 0.25) is 0 Å². The van der Waals surface area contributed by atoms with Gasteiger partial charge in [0.25, 0.3) is 6.04 Å². The summed E-state index contributed by atoms with van der Waals surface area (Å²) >= 11 is 1.41. The van der Waals surface area contributed by atoms with Crippen LogP contribution in [-0.4, -0.2) is 47.1 Å². The molecule has 37 heavy (non-hydrogen) atoms. The van der Waals surface area contributed by atoms with Crippen molar-refractivity contribution >= 4 is 11.8 Å². The second-order valence-corrected chi connectivity index (χ2v) is 10.2. The molecule has 0 spiro atoms. The van der Waals surface area contributed by atoms with Crippen molar-refractivity contribution in [2.45, 2.75) is 56.5 Å². The number of hydrogen-bond donors (Lipinski definition) is 0. The van der Waals surface area contributed by atoms with E-state index in [9.17, 15) is 10.1 Å². The molecule has 0 bridgehead atoms. The number of rotatable bonds is 13. The second kappa shape index (κ2) is 14.3. The van der Waals surface area contributed by atoms with Crippen LogP contribution in [0.25, 0.3) is 0 Å². The number of benzene rings is 3. The van der Waals surface area contributed by atoms with Gasteiger partial charge in [0.1, 0.15) is 12.2 Å². The summed E-state index contributed by atoms with van der Waals surface area (Å²) in [6.07, 6.45) is -2.04. The first kappa shape index (κ1) is 27.3. The first-order valence-corrected chi connectivity index (χ1v) is 13.5. The molecular weight excluding hydrogens is 490 g/mol. The molecule has 1 heterocycles. The molecule has 1 aliphatic heterocycles. The summed E-state index contributed by atoms with van der Waals surface area (Å²) in [5.41, 5.74) is 2.27. The zero-order chi connectivity index (χ0) is 25.9. The molecule has 0 N–H and O–H groups in total. The maximum Gasteiger partial charge on any atom is 0.276 e. The average molecular weight is 524 g/mol. The molecule has 0 saturated carbocycles. The summed E-state index contributed by atoms with van der Waals surface area (Å²) in [6, 6.07) is 28.2. The Kier molecular flexibility index (Phi) is 10.5. The van der Waals surface area contributed by atoms with Crippen LogP contribution >= 0.6 is 11.8 Å². The minimum atomic E-state index is -1.08. The smallest absolute Gasteiger partial charge is 0.276 e. The van der Waals surface area contributed by atoms with Gasteiger partial charge >= 0.3 is 0 Å². The molecule has 0 aliphatic carbocycles. The Labute approximate surface area is 222 Å². The number of thioether (sulfide) groups is 1. The van der Waals surface area contributed by atoms with Gasteiger partial charge in [-0.2, -0.15) is 0 Å². The lowest BCUT2D eigenvalue weighted by Gasteiger charge is -2.42. The van der Waals surface area contributed by atoms with Crippen molar-refractivity contribution in [3.63, 3.8) is 0 Å². The summed E-state index contributed by atoms with van der Waals surface area (Å²) in [7, 11) is 0. The fourth-order valence-electron chi connectivity index (χ4n) is 4.34. The third-order valence-corrected chi connectivity index (χ3v) is 7.21. The predicted molar refractivity (Wildman–Crippen MR) is 144 cm³/mol. The van der Waals surface area contributed by atoms with Crippen LogP contribution in [0.1, 0.15) is 23.6 Å². The summed E-state index contributed by atoms with van der Waals surface area (Å²) in [6.45, 7) is 3.12. The largest absolute Gasteiger partial charge is 0.374 e. The van der Waals surface area contributed by atoms with Crippen molar-refractivity contribution < 1.29 is 23.9 Å². The van der Waals surface area contributed by atoms with Gasteiger partial charge in [-0.15, -0.1) is 11.8 Å². The molecule has 196 valence electrons. The number of nitrogens with zero attached hydrogens (tertiary/aromatic N) is 1. The van der Waals surface area contributed by atoms with E-state index in [0.717, 1.165) is 16.7 Å². The van der Waals surface area contributed by atoms with Crippen molar-refractivity contribution in [3.8, 4) is 0 Å². The molecule has 3 aromatic carbocycles. The highest BCUT2D eigenvalue weighted by atomic mass is 32.2. The normalized spacial score (nSPS) is 23.5. The van der Waals surface area contributed by atoms with Gasteiger partial charge in [-0.25, -0.2) is 0 Å². The molecule has 5 atom stereocenters. The fourth-order valence-corrected chi connectivity index (χ4v) is 5.34. The van der Waals surface area contributed by atoms with E-state index in [1.54, 1.807) is 0 Å². The zero-order valence-corrected chi connectivity index (χ0v) is 21.7. The van der Waals surface area contributed by atoms with Gasteiger partial charge in [0.15, 0.2) is 11.5 Å². The maximum atomic E-state index is 12.3. The monoisotopic (exact) mass is 523 g/mol. The van der Waals surface area contributed by atoms with Crippen LogP contribution in [0.5, 0.6) is 0 Å². The van der Waals surface area contributed by atoms with Crippen molar-refractivity contribution in [3.05, 3.63) is 118 Å². The van der Waals surface area contributed by atoms with E-state index in [1.807, 2.05) is 97.9 Å². The lowest BCUT2D eigenvalue weighted by Crippen LogP contribution is -2.62. The molecule has 1 saturated heterocycles. The van der Waals surface area contributed by atoms with Crippen LogP contribution in [0.4, 0.5) is 0 Å². The van der Waals surface area contributed by atoms with Gasteiger partial charge in [-0.05, 0) is 22.4 Å². The van der Waals surface area contributed by atoms with Crippen LogP contribution in [0.3, 0.4) is 0 Å². The highest BCUT2D eigenvalue weighted by Gasteiger charge is 2.54. The molecule has 1 fully saturated rings. The first-order valence-electron chi connectivity index (χ1n) is 12.5. The van der Waals surface area contributed by atoms with E-state index in [1.165, 1.54) is 11.8 Å². The van der Waals surface area contributed by atoms with Gasteiger partial charge in [-0.3, -0.25) is 10.1 Å². The Morgan fingerprint density at radius 2 is 1.27 bits per heavy atom. The molecule has 3 aromatic rings. The van der Waals surface area contributed by atoms with E-state index in [4.69, 9.17) is 18.9 Å². The quantitative estimate of drug-likeness (QED) is 0.216. The van der Waals surface area contributed by atoms with E-state index < -0.39 is 29.8 Å². The summed E-state index contributed by atoms with van der Waals surface area (Å²) in [4.78, 5) is 12.0. The van der Waals surface area contributed by atoms with Crippen molar-refractivity contribution in [2.24, 2.45) is 0 Å². The first-order chi connectivity index (χ1) is 18.2. The molecule has 0 aromatic heterocycles. The topological polar surface area (TPSA) is 80.1 Å². The van der Waals surface area contributed by atoms with Gasteiger partial charge in [0, 0.05) is 4.92 Å². The molecule has 4 rings (SSSR count). The Bertz CT molecular complexity index is 1070. The SMILES string of the molecule is CCSC1O[C@H](COCc2ccccc2)[C@H](OCc2ccccc2)[C@H](OCc2ccccc2)[C@H]1[N+](=O)[O-]. The lowest BCUT2D eigenvalue weighted by atomic mass is 9.97. The summed E-state index contributed by atoms with van der Waals surface area (Å²) in [5, 5.41) is 12.3. The van der Waals surface area contributed by atoms with Crippen LogP contribution in [-0.2, 0) is 38.8 Å². The van der Waals surface area contributed by atoms with Crippen LogP contribution in [0.15, 0.2) is 91.0 Å². The maximum absolute atomic E-state index is 12.3. The number of hydrogen-bond acceptors (Lipinski definition) is 7. The van der Waals surface area contributed by atoms with E-state index in [0.29, 0.717) is 12.4 Å². The lowest BCUT2D eigenvalue weighted by molar-refractivity contribution is -0.555. The Morgan fingerprint density at radius 1 is 0.784 bits per heavy atom. The van der Waals surface area contributed by atoms with Crippen LogP contribution < -0.4 is 0 Å². The van der Waals surface area contributed by atoms with Crippen molar-refractivity contribution in [1.82, 2.24) is 0 Å². The fraction of sp³-hybridized carbons (Fsp3) is 0.379. The highest BCUT2D eigenvalue weighted by molar-refractivity contribution is 7.99. The minimum absolute atomic E-state index is 0.227. The summed E-state index contributed by atoms with van der Waals surface area (Å²) < 4.78 is 25.0. The molecule has 8 heteroatoms. The molecule has 0 amide bonds. The molecule has 1 aliphatic rings. The predicted octanol–water partition coefficient (Wildman–Crippen LogP) is 5.50. The average Bonchev–Trinajstić information content (AvgIpc) is 2.93. The molecular formula is C29H33NO6S. The Balaban J connectivity index is 1.57. The molecule has 7 nitrogen and oxygen atoms in total. The Morgan fingerprint density at radius 3 is 1.76 bits per heavy atom. The zero-order valence-electron chi connectivity index (χ0n) is 20.9.